The fraction of sp³-hybridized carbons (Fsp3) is 0.500. The normalized spacial score (nSPS) is 12.1. The molecular formula is C24H38N2O2+2. The van der Waals surface area contributed by atoms with Gasteiger partial charge in [-0.1, -0.05) is 30.3 Å². The summed E-state index contributed by atoms with van der Waals surface area (Å²) in [5, 5.41) is 0. The minimum atomic E-state index is 0.610. The highest BCUT2D eigenvalue weighted by molar-refractivity contribution is 5.71. The summed E-state index contributed by atoms with van der Waals surface area (Å²) in [6.07, 6.45) is 0. The van der Waals surface area contributed by atoms with Gasteiger partial charge in [-0.05, 0) is 65.3 Å². The van der Waals surface area contributed by atoms with Gasteiger partial charge >= 0.3 is 0 Å². The summed E-state index contributed by atoms with van der Waals surface area (Å²) in [6.45, 7) is 18.7. The average molecular weight is 387 g/mol. The van der Waals surface area contributed by atoms with Crippen molar-refractivity contribution in [3.8, 4) is 22.6 Å². The van der Waals surface area contributed by atoms with Gasteiger partial charge in [-0.25, -0.2) is 0 Å². The highest BCUT2D eigenvalue weighted by Gasteiger charge is 2.28. The standard InChI is InChI=1S/C24H38N2O2/c1-7-25(8-2,9-3)27-22-18-19-24(28-26(10-4,11-5)12-6)23(20-22)21-16-14-13-15-17-21/h13-20H,7-12H2,1-6H3/q+2. The highest BCUT2D eigenvalue weighted by atomic mass is 16.7. The maximum absolute atomic E-state index is 6.58. The lowest BCUT2D eigenvalue weighted by molar-refractivity contribution is -1.07. The van der Waals surface area contributed by atoms with Crippen LogP contribution in [0.2, 0.25) is 0 Å². The van der Waals surface area contributed by atoms with Crippen LogP contribution in [-0.4, -0.2) is 48.6 Å². The lowest BCUT2D eigenvalue weighted by atomic mass is 10.0. The molecule has 154 valence electrons. The fourth-order valence-corrected chi connectivity index (χ4v) is 3.65. The van der Waals surface area contributed by atoms with E-state index in [0.29, 0.717) is 9.29 Å². The van der Waals surface area contributed by atoms with Crippen LogP contribution in [0.25, 0.3) is 11.1 Å². The maximum Gasteiger partial charge on any atom is 0.198 e. The number of hydrogen-bond acceptors (Lipinski definition) is 2. The van der Waals surface area contributed by atoms with Gasteiger partial charge in [0.15, 0.2) is 11.5 Å². The Bertz CT molecular complexity index is 706. The summed E-state index contributed by atoms with van der Waals surface area (Å²) in [7, 11) is 0. The molecule has 0 fully saturated rings. The summed E-state index contributed by atoms with van der Waals surface area (Å²) in [5.74, 6) is 1.80. The largest absolute Gasteiger partial charge is 0.315 e. The Hall–Kier alpha value is -2.04. The van der Waals surface area contributed by atoms with Gasteiger partial charge in [0.1, 0.15) is 39.3 Å². The Kier molecular flexibility index (Phi) is 7.90. The van der Waals surface area contributed by atoms with Gasteiger partial charge in [0, 0.05) is 5.56 Å². The van der Waals surface area contributed by atoms with Crippen LogP contribution in [0, 0.1) is 0 Å². The first-order valence-corrected chi connectivity index (χ1v) is 10.8. The zero-order valence-electron chi connectivity index (χ0n) is 18.6. The molecule has 28 heavy (non-hydrogen) atoms. The summed E-state index contributed by atoms with van der Waals surface area (Å²) in [5.41, 5.74) is 2.23. The molecule has 0 aliphatic carbocycles. The zero-order chi connectivity index (χ0) is 20.6. The van der Waals surface area contributed by atoms with E-state index in [1.165, 1.54) is 0 Å². The van der Waals surface area contributed by atoms with Crippen molar-refractivity contribution in [3.63, 3.8) is 0 Å². The number of nitrogens with zero attached hydrogens (tertiary/aromatic N) is 2. The van der Waals surface area contributed by atoms with Crippen LogP contribution in [0.1, 0.15) is 41.5 Å². The van der Waals surface area contributed by atoms with Gasteiger partial charge in [-0.2, -0.15) is 0 Å². The van der Waals surface area contributed by atoms with E-state index in [2.05, 4.69) is 77.9 Å². The summed E-state index contributed by atoms with van der Waals surface area (Å²) >= 11 is 0. The third-order valence-corrected chi connectivity index (χ3v) is 6.08. The molecule has 0 amide bonds. The molecule has 0 radical (unpaired) electrons. The molecule has 0 aliphatic rings. The second-order valence-electron chi connectivity index (χ2n) is 7.22. The third-order valence-electron chi connectivity index (χ3n) is 6.08. The van der Waals surface area contributed by atoms with Crippen molar-refractivity contribution in [2.45, 2.75) is 41.5 Å². The molecule has 0 N–H and O–H groups in total. The molecule has 4 nitrogen and oxygen atoms in total. The van der Waals surface area contributed by atoms with Gasteiger partial charge in [0.05, 0.1) is 0 Å². The molecule has 0 spiro atoms. The minimum Gasteiger partial charge on any atom is -0.315 e. The molecule has 0 aromatic heterocycles. The smallest absolute Gasteiger partial charge is 0.198 e. The number of benzene rings is 2. The molecule has 0 aliphatic heterocycles. The molecule has 0 bridgehead atoms. The number of hydrogen-bond donors (Lipinski definition) is 0. The van der Waals surface area contributed by atoms with E-state index >= 15 is 0 Å². The first-order valence-electron chi connectivity index (χ1n) is 10.8. The molecule has 2 aromatic carbocycles. The number of rotatable bonds is 11. The van der Waals surface area contributed by atoms with Crippen molar-refractivity contribution >= 4 is 0 Å². The van der Waals surface area contributed by atoms with Gasteiger partial charge in [0.2, 0.25) is 0 Å². The van der Waals surface area contributed by atoms with E-state index in [0.717, 1.165) is 61.9 Å². The first-order chi connectivity index (χ1) is 13.5. The number of quaternary nitrogens is 2. The predicted octanol–water partition coefficient (Wildman–Crippen LogP) is 5.69. The summed E-state index contributed by atoms with van der Waals surface area (Å²) in [6, 6.07) is 16.7. The molecule has 0 heterocycles. The zero-order valence-corrected chi connectivity index (χ0v) is 18.6. The van der Waals surface area contributed by atoms with Crippen LogP contribution in [0.15, 0.2) is 48.5 Å². The van der Waals surface area contributed by atoms with Crippen molar-refractivity contribution in [2.24, 2.45) is 0 Å². The minimum absolute atomic E-state index is 0.610. The third kappa shape index (κ3) is 4.86. The Morgan fingerprint density at radius 2 is 1.11 bits per heavy atom. The van der Waals surface area contributed by atoms with Crippen LogP contribution in [-0.2, 0) is 0 Å². The van der Waals surface area contributed by atoms with Crippen LogP contribution in [0.5, 0.6) is 11.5 Å². The quantitative estimate of drug-likeness (QED) is 0.365. The topological polar surface area (TPSA) is 18.5 Å². The molecular weight excluding hydrogens is 348 g/mol. The van der Waals surface area contributed by atoms with Crippen LogP contribution in [0.4, 0.5) is 0 Å². The van der Waals surface area contributed by atoms with Gasteiger partial charge in [0.25, 0.3) is 0 Å². The molecule has 0 atom stereocenters. The lowest BCUT2D eigenvalue weighted by Gasteiger charge is -2.34. The Labute approximate surface area is 171 Å². The van der Waals surface area contributed by atoms with Crippen LogP contribution >= 0.6 is 0 Å². The Morgan fingerprint density at radius 1 is 0.607 bits per heavy atom. The molecule has 4 heteroatoms. The van der Waals surface area contributed by atoms with E-state index in [1.54, 1.807) is 0 Å². The van der Waals surface area contributed by atoms with Crippen LogP contribution < -0.4 is 9.68 Å². The summed E-state index contributed by atoms with van der Waals surface area (Å²) < 4.78 is 1.23. The molecule has 0 saturated carbocycles. The molecule has 0 saturated heterocycles. The van der Waals surface area contributed by atoms with Crippen molar-refractivity contribution in [1.29, 1.82) is 0 Å². The van der Waals surface area contributed by atoms with Crippen molar-refractivity contribution in [1.82, 2.24) is 0 Å². The Morgan fingerprint density at radius 3 is 1.61 bits per heavy atom. The fourth-order valence-electron chi connectivity index (χ4n) is 3.65. The monoisotopic (exact) mass is 386 g/mol. The molecule has 2 rings (SSSR count). The molecule has 2 aromatic rings. The van der Waals surface area contributed by atoms with Crippen molar-refractivity contribution < 1.29 is 19.0 Å². The second-order valence-corrected chi connectivity index (χ2v) is 7.22. The van der Waals surface area contributed by atoms with E-state index in [-0.39, 0.29) is 0 Å². The van der Waals surface area contributed by atoms with E-state index in [1.807, 2.05) is 12.1 Å². The van der Waals surface area contributed by atoms with E-state index < -0.39 is 0 Å². The first kappa shape index (κ1) is 22.3. The lowest BCUT2D eigenvalue weighted by Crippen LogP contribution is -2.50. The van der Waals surface area contributed by atoms with Gasteiger partial charge < -0.3 is 9.68 Å². The second kappa shape index (κ2) is 9.94. The number of hydroxylamine groups is 6. The van der Waals surface area contributed by atoms with E-state index in [4.69, 9.17) is 9.68 Å². The SMILES string of the molecule is CC[N+](CC)(CC)Oc1ccc(O[N+](CC)(CC)CC)c(-c2ccccc2)c1. The van der Waals surface area contributed by atoms with Gasteiger partial charge in [-0.15, -0.1) is 9.29 Å². The van der Waals surface area contributed by atoms with E-state index in [9.17, 15) is 0 Å². The highest BCUT2D eigenvalue weighted by Crippen LogP contribution is 2.36. The Balaban J connectivity index is 2.49. The van der Waals surface area contributed by atoms with Crippen molar-refractivity contribution in [3.05, 3.63) is 48.5 Å². The average Bonchev–Trinajstić information content (AvgIpc) is 2.77. The maximum atomic E-state index is 6.58. The predicted molar refractivity (Wildman–Crippen MR) is 117 cm³/mol. The van der Waals surface area contributed by atoms with Crippen LogP contribution in [0.3, 0.4) is 0 Å². The molecule has 0 unspecified atom stereocenters. The van der Waals surface area contributed by atoms with Gasteiger partial charge in [-0.3, -0.25) is 0 Å². The van der Waals surface area contributed by atoms with Crippen molar-refractivity contribution in [2.75, 3.05) is 39.3 Å². The summed E-state index contributed by atoms with van der Waals surface area (Å²) in [4.78, 5) is 13.0.